The molecule has 2 nitrogen and oxygen atoms in total. The molecule has 0 aromatic carbocycles. The van der Waals surface area contributed by atoms with Gasteiger partial charge in [0.2, 0.25) is 0 Å². The van der Waals surface area contributed by atoms with E-state index in [1.165, 1.54) is 45.4 Å². The Labute approximate surface area is 93.7 Å². The minimum absolute atomic E-state index is 0.660. The van der Waals surface area contributed by atoms with Gasteiger partial charge in [0.15, 0.2) is 0 Å². The van der Waals surface area contributed by atoms with Gasteiger partial charge in [0.05, 0.1) is 0 Å². The molecule has 0 bridgehead atoms. The Morgan fingerprint density at radius 3 is 2.60 bits per heavy atom. The highest BCUT2D eigenvalue weighted by molar-refractivity contribution is 5.11. The second kappa shape index (κ2) is 4.67. The van der Waals surface area contributed by atoms with Crippen molar-refractivity contribution in [2.45, 2.75) is 33.1 Å². The fourth-order valence-corrected chi connectivity index (χ4v) is 2.81. The van der Waals surface area contributed by atoms with Crippen LogP contribution in [0.5, 0.6) is 0 Å². The van der Waals surface area contributed by atoms with Crippen molar-refractivity contribution < 1.29 is 0 Å². The third kappa shape index (κ3) is 2.43. The lowest BCUT2D eigenvalue weighted by molar-refractivity contribution is 0.000772. The molecule has 0 unspecified atom stereocenters. The predicted octanol–water partition coefficient (Wildman–Crippen LogP) is 2.03. The molecule has 15 heavy (non-hydrogen) atoms. The number of hydrogen-bond acceptors (Lipinski definition) is 2. The quantitative estimate of drug-likeness (QED) is 0.711. The van der Waals surface area contributed by atoms with Gasteiger partial charge in [0, 0.05) is 26.2 Å². The zero-order valence-electron chi connectivity index (χ0n) is 10.2. The highest BCUT2D eigenvalue weighted by atomic mass is 15.2. The monoisotopic (exact) mass is 208 g/mol. The van der Waals surface area contributed by atoms with E-state index in [4.69, 9.17) is 0 Å². The SMILES string of the molecule is CCC1(CC)CN(CC2=CCNCC2)C1. The summed E-state index contributed by atoms with van der Waals surface area (Å²) in [6.07, 6.45) is 6.32. The maximum absolute atomic E-state index is 3.37. The Balaban J connectivity index is 1.77. The van der Waals surface area contributed by atoms with Crippen LogP contribution in [0.15, 0.2) is 11.6 Å². The molecule has 0 atom stereocenters. The molecular weight excluding hydrogens is 184 g/mol. The van der Waals surface area contributed by atoms with Crippen LogP contribution in [0.3, 0.4) is 0 Å². The van der Waals surface area contributed by atoms with Crippen molar-refractivity contribution >= 4 is 0 Å². The molecule has 2 rings (SSSR count). The van der Waals surface area contributed by atoms with Crippen LogP contribution >= 0.6 is 0 Å². The first kappa shape index (κ1) is 11.2. The Morgan fingerprint density at radius 1 is 1.33 bits per heavy atom. The summed E-state index contributed by atoms with van der Waals surface area (Å²) in [5.74, 6) is 0. The first-order chi connectivity index (χ1) is 7.28. The molecule has 2 aliphatic heterocycles. The van der Waals surface area contributed by atoms with E-state index in [2.05, 4.69) is 30.1 Å². The molecule has 2 heterocycles. The van der Waals surface area contributed by atoms with E-state index >= 15 is 0 Å². The standard InChI is InChI=1S/C13H24N2/c1-3-13(4-2)10-15(11-13)9-12-5-7-14-8-6-12/h5,14H,3-4,6-11H2,1-2H3. The summed E-state index contributed by atoms with van der Waals surface area (Å²) < 4.78 is 0. The topological polar surface area (TPSA) is 15.3 Å². The smallest absolute Gasteiger partial charge is 0.0194 e. The summed E-state index contributed by atoms with van der Waals surface area (Å²) in [7, 11) is 0. The van der Waals surface area contributed by atoms with E-state index in [0.717, 1.165) is 6.54 Å². The fourth-order valence-electron chi connectivity index (χ4n) is 2.81. The second-order valence-corrected chi connectivity index (χ2v) is 5.17. The number of nitrogens with one attached hydrogen (secondary N) is 1. The van der Waals surface area contributed by atoms with Gasteiger partial charge in [-0.2, -0.15) is 0 Å². The lowest BCUT2D eigenvalue weighted by atomic mass is 9.75. The third-order valence-corrected chi connectivity index (χ3v) is 4.20. The average molecular weight is 208 g/mol. The fraction of sp³-hybridized carbons (Fsp3) is 0.846. The summed E-state index contributed by atoms with van der Waals surface area (Å²) in [6, 6.07) is 0. The molecule has 86 valence electrons. The predicted molar refractivity (Wildman–Crippen MR) is 65.0 cm³/mol. The van der Waals surface area contributed by atoms with Crippen molar-refractivity contribution in [2.75, 3.05) is 32.7 Å². The lowest BCUT2D eigenvalue weighted by Gasteiger charge is -2.50. The van der Waals surface area contributed by atoms with Crippen LogP contribution in [0.4, 0.5) is 0 Å². The van der Waals surface area contributed by atoms with E-state index < -0.39 is 0 Å². The Hall–Kier alpha value is -0.340. The van der Waals surface area contributed by atoms with E-state index in [1.54, 1.807) is 5.57 Å². The Bertz CT molecular complexity index is 233. The van der Waals surface area contributed by atoms with E-state index in [1.807, 2.05) is 0 Å². The maximum atomic E-state index is 3.37. The number of likely N-dealkylation sites (tertiary alicyclic amines) is 1. The van der Waals surface area contributed by atoms with Crippen LogP contribution in [0, 0.1) is 5.41 Å². The van der Waals surface area contributed by atoms with Gasteiger partial charge < -0.3 is 5.32 Å². The molecule has 2 aliphatic rings. The number of nitrogens with zero attached hydrogens (tertiary/aromatic N) is 1. The normalized spacial score (nSPS) is 25.9. The number of rotatable bonds is 4. The van der Waals surface area contributed by atoms with Crippen molar-refractivity contribution in [1.29, 1.82) is 0 Å². The van der Waals surface area contributed by atoms with Gasteiger partial charge in [0.25, 0.3) is 0 Å². The van der Waals surface area contributed by atoms with Gasteiger partial charge in [-0.3, -0.25) is 4.90 Å². The van der Waals surface area contributed by atoms with Crippen LogP contribution in [0.2, 0.25) is 0 Å². The van der Waals surface area contributed by atoms with Crippen LogP contribution in [-0.2, 0) is 0 Å². The zero-order valence-corrected chi connectivity index (χ0v) is 10.2. The van der Waals surface area contributed by atoms with Crippen LogP contribution in [0.1, 0.15) is 33.1 Å². The summed E-state index contributed by atoms with van der Waals surface area (Å²) in [6.45, 7) is 10.8. The molecule has 0 aliphatic carbocycles. The largest absolute Gasteiger partial charge is 0.313 e. The van der Waals surface area contributed by atoms with E-state index in [-0.39, 0.29) is 0 Å². The van der Waals surface area contributed by atoms with Gasteiger partial charge in [-0.1, -0.05) is 25.5 Å². The molecule has 0 saturated carbocycles. The highest BCUT2D eigenvalue weighted by Crippen LogP contribution is 2.37. The molecule has 1 saturated heterocycles. The van der Waals surface area contributed by atoms with Crippen molar-refractivity contribution in [3.05, 3.63) is 11.6 Å². The van der Waals surface area contributed by atoms with Crippen LogP contribution < -0.4 is 5.32 Å². The van der Waals surface area contributed by atoms with Crippen molar-refractivity contribution in [3.8, 4) is 0 Å². The summed E-state index contributed by atoms with van der Waals surface area (Å²) in [5.41, 5.74) is 2.31. The first-order valence-electron chi connectivity index (χ1n) is 6.39. The van der Waals surface area contributed by atoms with Crippen molar-refractivity contribution in [2.24, 2.45) is 5.41 Å². The Morgan fingerprint density at radius 2 is 2.07 bits per heavy atom. The van der Waals surface area contributed by atoms with E-state index in [9.17, 15) is 0 Å². The summed E-state index contributed by atoms with van der Waals surface area (Å²) in [4.78, 5) is 2.62. The van der Waals surface area contributed by atoms with Crippen molar-refractivity contribution in [3.63, 3.8) is 0 Å². The molecule has 1 N–H and O–H groups in total. The second-order valence-electron chi connectivity index (χ2n) is 5.17. The Kier molecular flexibility index (Phi) is 3.47. The van der Waals surface area contributed by atoms with Crippen LogP contribution in [0.25, 0.3) is 0 Å². The average Bonchev–Trinajstić information content (AvgIpc) is 2.24. The first-order valence-corrected chi connectivity index (χ1v) is 6.39. The van der Waals surface area contributed by atoms with Crippen molar-refractivity contribution in [1.82, 2.24) is 10.2 Å². The maximum Gasteiger partial charge on any atom is 0.0194 e. The minimum Gasteiger partial charge on any atom is -0.313 e. The van der Waals surface area contributed by atoms with E-state index in [0.29, 0.717) is 5.41 Å². The molecule has 2 heteroatoms. The molecule has 0 aromatic rings. The summed E-state index contributed by atoms with van der Waals surface area (Å²) in [5, 5.41) is 3.37. The lowest BCUT2D eigenvalue weighted by Crippen LogP contribution is -2.56. The van der Waals surface area contributed by atoms with Gasteiger partial charge in [-0.25, -0.2) is 0 Å². The molecule has 0 amide bonds. The van der Waals surface area contributed by atoms with Gasteiger partial charge in [-0.05, 0) is 31.2 Å². The van der Waals surface area contributed by atoms with Gasteiger partial charge in [-0.15, -0.1) is 0 Å². The molecular formula is C13H24N2. The highest BCUT2D eigenvalue weighted by Gasteiger charge is 2.39. The van der Waals surface area contributed by atoms with Gasteiger partial charge >= 0.3 is 0 Å². The third-order valence-electron chi connectivity index (χ3n) is 4.20. The molecule has 1 fully saturated rings. The molecule has 0 spiro atoms. The zero-order chi connectivity index (χ0) is 10.7. The van der Waals surface area contributed by atoms with Gasteiger partial charge in [0.1, 0.15) is 0 Å². The van der Waals surface area contributed by atoms with Crippen LogP contribution in [-0.4, -0.2) is 37.6 Å². The molecule has 0 radical (unpaired) electrons. The molecule has 0 aromatic heterocycles. The minimum atomic E-state index is 0.660. The number of hydrogen-bond donors (Lipinski definition) is 1. The summed E-state index contributed by atoms with van der Waals surface area (Å²) >= 11 is 0.